The number of carbonyl (C=O) groups excluding carboxylic acids is 2. The highest BCUT2D eigenvalue weighted by Gasteiger charge is 2.33. The van der Waals surface area contributed by atoms with Crippen molar-refractivity contribution in [3.63, 3.8) is 0 Å². The summed E-state index contributed by atoms with van der Waals surface area (Å²) in [7, 11) is 0. The third-order valence-corrected chi connectivity index (χ3v) is 3.43. The fourth-order valence-corrected chi connectivity index (χ4v) is 2.32. The zero-order chi connectivity index (χ0) is 11.5. The van der Waals surface area contributed by atoms with Crippen LogP contribution in [-0.4, -0.2) is 12.1 Å². The van der Waals surface area contributed by atoms with Crippen LogP contribution in [0.5, 0.6) is 0 Å². The fourth-order valence-electron chi connectivity index (χ4n) is 2.32. The largest absolute Gasteiger partial charge is 0.299 e. The average molecular weight is 208 g/mol. The lowest BCUT2D eigenvalue weighted by atomic mass is 9.73. The molecule has 0 amide bonds. The molecular formula is C13H20O2. The highest BCUT2D eigenvalue weighted by Crippen LogP contribution is 2.36. The Hall–Kier alpha value is -0.920. The van der Waals surface area contributed by atoms with Crippen molar-refractivity contribution in [2.75, 3.05) is 0 Å². The van der Waals surface area contributed by atoms with Crippen molar-refractivity contribution in [2.24, 2.45) is 5.41 Å². The van der Waals surface area contributed by atoms with Gasteiger partial charge >= 0.3 is 0 Å². The Morgan fingerprint density at radius 2 is 1.80 bits per heavy atom. The molecule has 0 radical (unpaired) electrons. The van der Waals surface area contributed by atoms with Gasteiger partial charge in [-0.25, -0.2) is 0 Å². The lowest BCUT2D eigenvalue weighted by Gasteiger charge is -2.30. The molecule has 15 heavy (non-hydrogen) atoms. The van der Waals surface area contributed by atoms with Gasteiger partial charge in [0.2, 0.25) is 0 Å². The smallest absolute Gasteiger partial charge is 0.145 e. The molecule has 1 aliphatic rings. The van der Waals surface area contributed by atoms with Crippen molar-refractivity contribution in [2.45, 2.75) is 52.9 Å². The average Bonchev–Trinajstić information content (AvgIpc) is 2.19. The number of hydrogen-bond acceptors (Lipinski definition) is 2. The summed E-state index contributed by atoms with van der Waals surface area (Å²) in [4.78, 5) is 22.8. The molecule has 0 unspecified atom stereocenters. The minimum absolute atomic E-state index is 0.276. The molecule has 1 saturated carbocycles. The monoisotopic (exact) mass is 208 g/mol. The Morgan fingerprint density at radius 1 is 1.20 bits per heavy atom. The minimum atomic E-state index is -0.439. The van der Waals surface area contributed by atoms with Crippen LogP contribution >= 0.6 is 0 Å². The van der Waals surface area contributed by atoms with E-state index < -0.39 is 5.41 Å². The van der Waals surface area contributed by atoms with E-state index in [0.717, 1.165) is 43.1 Å². The summed E-state index contributed by atoms with van der Waals surface area (Å²) < 4.78 is 0. The van der Waals surface area contributed by atoms with Gasteiger partial charge in [0.15, 0.2) is 0 Å². The molecule has 0 aromatic carbocycles. The topological polar surface area (TPSA) is 34.1 Å². The fraction of sp³-hybridized carbons (Fsp3) is 0.692. The van der Waals surface area contributed by atoms with Gasteiger partial charge in [-0.1, -0.05) is 12.0 Å². The Morgan fingerprint density at radius 3 is 2.40 bits per heavy atom. The van der Waals surface area contributed by atoms with E-state index in [0.29, 0.717) is 6.42 Å². The van der Waals surface area contributed by atoms with Crippen LogP contribution in [0.2, 0.25) is 0 Å². The predicted octanol–water partition coefficient (Wildman–Crippen LogP) is 3.06. The Balaban J connectivity index is 3.09. The Bertz CT molecular complexity index is 298. The highest BCUT2D eigenvalue weighted by molar-refractivity contribution is 5.89. The standard InChI is InChI=1S/C13H20O2/c1-10(9-14)11-7-5-4-6-8-12(15)13(11,2)3/h9H,4-8H2,1-3H3/b11-10-. The SMILES string of the molecule is C/C(C=O)=C1\CCCCCC(=O)C1(C)C. The molecule has 1 aliphatic carbocycles. The summed E-state index contributed by atoms with van der Waals surface area (Å²) in [5.74, 6) is 0.276. The summed E-state index contributed by atoms with van der Waals surface area (Å²) in [5, 5.41) is 0. The van der Waals surface area contributed by atoms with Gasteiger partial charge in [-0.05, 0) is 45.6 Å². The normalized spacial score (nSPS) is 25.4. The third kappa shape index (κ3) is 2.55. The summed E-state index contributed by atoms with van der Waals surface area (Å²) in [6.45, 7) is 5.71. The highest BCUT2D eigenvalue weighted by atomic mass is 16.1. The zero-order valence-electron chi connectivity index (χ0n) is 9.93. The zero-order valence-corrected chi connectivity index (χ0v) is 9.93. The van der Waals surface area contributed by atoms with Gasteiger partial charge in [0.1, 0.15) is 12.1 Å². The molecule has 0 saturated heterocycles. The third-order valence-electron chi connectivity index (χ3n) is 3.43. The van der Waals surface area contributed by atoms with Crippen LogP contribution in [0.4, 0.5) is 0 Å². The first-order valence-electron chi connectivity index (χ1n) is 5.69. The molecular weight excluding hydrogens is 188 g/mol. The number of rotatable bonds is 1. The Labute approximate surface area is 91.7 Å². The summed E-state index contributed by atoms with van der Waals surface area (Å²) in [6, 6.07) is 0. The molecule has 0 aromatic rings. The molecule has 0 spiro atoms. The maximum atomic E-state index is 12.0. The van der Waals surface area contributed by atoms with E-state index in [1.165, 1.54) is 0 Å². The van der Waals surface area contributed by atoms with Crippen molar-refractivity contribution in [3.8, 4) is 0 Å². The maximum absolute atomic E-state index is 12.0. The quantitative estimate of drug-likeness (QED) is 0.490. The van der Waals surface area contributed by atoms with Gasteiger partial charge in [0.05, 0.1) is 0 Å². The first-order chi connectivity index (χ1) is 7.00. The molecule has 0 bridgehead atoms. The molecule has 0 atom stereocenters. The van der Waals surface area contributed by atoms with E-state index in [1.54, 1.807) is 0 Å². The summed E-state index contributed by atoms with van der Waals surface area (Å²) in [6.07, 6.45) is 5.61. The first kappa shape index (κ1) is 12.2. The number of carbonyl (C=O) groups is 2. The second-order valence-electron chi connectivity index (χ2n) is 4.89. The van der Waals surface area contributed by atoms with E-state index in [-0.39, 0.29) is 5.78 Å². The number of hydrogen-bond donors (Lipinski definition) is 0. The molecule has 2 nitrogen and oxygen atoms in total. The maximum Gasteiger partial charge on any atom is 0.145 e. The van der Waals surface area contributed by atoms with Gasteiger partial charge in [0.25, 0.3) is 0 Å². The van der Waals surface area contributed by atoms with Gasteiger partial charge in [-0.15, -0.1) is 0 Å². The second kappa shape index (κ2) is 4.73. The Kier molecular flexibility index (Phi) is 3.83. The van der Waals surface area contributed by atoms with Crippen LogP contribution in [0.15, 0.2) is 11.1 Å². The summed E-state index contributed by atoms with van der Waals surface area (Å²) in [5.41, 5.74) is 1.35. The van der Waals surface area contributed by atoms with Crippen LogP contribution in [0.1, 0.15) is 52.9 Å². The van der Waals surface area contributed by atoms with E-state index in [9.17, 15) is 9.59 Å². The van der Waals surface area contributed by atoms with Crippen molar-refractivity contribution >= 4 is 12.1 Å². The van der Waals surface area contributed by atoms with E-state index in [2.05, 4.69) is 0 Å². The van der Waals surface area contributed by atoms with Crippen LogP contribution in [0.25, 0.3) is 0 Å². The molecule has 0 N–H and O–H groups in total. The molecule has 1 fully saturated rings. The molecule has 0 aliphatic heterocycles. The van der Waals surface area contributed by atoms with Gasteiger partial charge in [-0.2, -0.15) is 0 Å². The van der Waals surface area contributed by atoms with Crippen molar-refractivity contribution in [1.82, 2.24) is 0 Å². The predicted molar refractivity (Wildman–Crippen MR) is 60.6 cm³/mol. The summed E-state index contributed by atoms with van der Waals surface area (Å²) >= 11 is 0. The van der Waals surface area contributed by atoms with Crippen molar-refractivity contribution in [1.29, 1.82) is 0 Å². The van der Waals surface area contributed by atoms with Crippen LogP contribution in [-0.2, 0) is 9.59 Å². The van der Waals surface area contributed by atoms with E-state index in [1.807, 2.05) is 20.8 Å². The molecule has 2 heteroatoms. The van der Waals surface area contributed by atoms with Crippen LogP contribution < -0.4 is 0 Å². The molecule has 84 valence electrons. The van der Waals surface area contributed by atoms with E-state index >= 15 is 0 Å². The van der Waals surface area contributed by atoms with Crippen molar-refractivity contribution in [3.05, 3.63) is 11.1 Å². The molecule has 0 aromatic heterocycles. The number of allylic oxidation sites excluding steroid dienone is 2. The molecule has 1 rings (SSSR count). The second-order valence-corrected chi connectivity index (χ2v) is 4.89. The lowest BCUT2D eigenvalue weighted by molar-refractivity contribution is -0.125. The number of Topliss-reactive ketones (excluding diaryl/α,β-unsaturated/α-hetero) is 1. The van der Waals surface area contributed by atoms with Gasteiger partial charge in [-0.3, -0.25) is 9.59 Å². The van der Waals surface area contributed by atoms with Crippen LogP contribution in [0, 0.1) is 5.41 Å². The number of ketones is 1. The minimum Gasteiger partial charge on any atom is -0.299 e. The van der Waals surface area contributed by atoms with Crippen molar-refractivity contribution < 1.29 is 9.59 Å². The lowest BCUT2D eigenvalue weighted by Crippen LogP contribution is -2.29. The first-order valence-corrected chi connectivity index (χ1v) is 5.69. The number of aldehydes is 1. The van der Waals surface area contributed by atoms with E-state index in [4.69, 9.17) is 0 Å². The molecule has 0 heterocycles. The van der Waals surface area contributed by atoms with Gasteiger partial charge < -0.3 is 0 Å². The van der Waals surface area contributed by atoms with Gasteiger partial charge in [0, 0.05) is 11.8 Å². The van der Waals surface area contributed by atoms with Crippen LogP contribution in [0.3, 0.4) is 0 Å².